The third-order valence-corrected chi connectivity index (χ3v) is 2.05. The van der Waals surface area contributed by atoms with Crippen LogP contribution in [-0.2, 0) is 4.79 Å². The van der Waals surface area contributed by atoms with Crippen molar-refractivity contribution in [2.75, 3.05) is 0 Å². The summed E-state index contributed by atoms with van der Waals surface area (Å²) in [5.41, 5.74) is 2.32. The Morgan fingerprint density at radius 2 is 1.87 bits per heavy atom. The molecule has 0 fully saturated rings. The van der Waals surface area contributed by atoms with Crippen molar-refractivity contribution in [3.8, 4) is 5.75 Å². The van der Waals surface area contributed by atoms with Crippen LogP contribution in [0.3, 0.4) is 0 Å². The molecule has 3 nitrogen and oxygen atoms in total. The fraction of sp³-hybridized carbons (Fsp3) is 0.0833. The molecule has 0 aromatic heterocycles. The standard InChI is InChI=1S/C12H11NO2/c1-9(14)13-15-12-8-4-6-10-5-2-3-7-11(10)12/h2-8H,1H3,(H,13,14). The van der Waals surface area contributed by atoms with Gasteiger partial charge < -0.3 is 4.84 Å². The normalized spacial score (nSPS) is 9.93. The molecule has 1 amide bonds. The van der Waals surface area contributed by atoms with E-state index in [4.69, 9.17) is 4.84 Å². The number of rotatable bonds is 2. The van der Waals surface area contributed by atoms with E-state index in [9.17, 15) is 4.79 Å². The van der Waals surface area contributed by atoms with Gasteiger partial charge in [0.15, 0.2) is 5.75 Å². The molecule has 0 aliphatic rings. The van der Waals surface area contributed by atoms with Gasteiger partial charge in [0.1, 0.15) is 0 Å². The molecule has 0 aliphatic carbocycles. The predicted molar refractivity (Wildman–Crippen MR) is 58.4 cm³/mol. The van der Waals surface area contributed by atoms with Crippen LogP contribution in [-0.4, -0.2) is 5.91 Å². The highest BCUT2D eigenvalue weighted by atomic mass is 16.7. The molecule has 3 heteroatoms. The van der Waals surface area contributed by atoms with Crippen LogP contribution in [0.1, 0.15) is 6.92 Å². The summed E-state index contributed by atoms with van der Waals surface area (Å²) >= 11 is 0. The lowest BCUT2D eigenvalue weighted by molar-refractivity contribution is -0.125. The number of carbonyl (C=O) groups is 1. The van der Waals surface area contributed by atoms with Gasteiger partial charge in [-0.2, -0.15) is 5.48 Å². The van der Waals surface area contributed by atoms with Crippen LogP contribution >= 0.6 is 0 Å². The van der Waals surface area contributed by atoms with E-state index in [-0.39, 0.29) is 5.91 Å². The lowest BCUT2D eigenvalue weighted by Gasteiger charge is -2.07. The summed E-state index contributed by atoms with van der Waals surface area (Å²) in [5, 5.41) is 2.06. The molecular formula is C12H11NO2. The molecule has 2 aromatic carbocycles. The van der Waals surface area contributed by atoms with Crippen molar-refractivity contribution in [3.05, 3.63) is 42.5 Å². The molecule has 1 N–H and O–H groups in total. The maximum Gasteiger partial charge on any atom is 0.249 e. The van der Waals surface area contributed by atoms with Gasteiger partial charge in [0, 0.05) is 12.3 Å². The second-order valence-corrected chi connectivity index (χ2v) is 3.24. The molecular weight excluding hydrogens is 190 g/mol. The molecule has 0 saturated carbocycles. The molecule has 0 radical (unpaired) electrons. The van der Waals surface area contributed by atoms with Gasteiger partial charge in [-0.3, -0.25) is 4.79 Å². The Bertz CT molecular complexity index is 488. The molecule has 0 atom stereocenters. The number of nitrogens with one attached hydrogen (secondary N) is 1. The van der Waals surface area contributed by atoms with Crippen molar-refractivity contribution >= 4 is 16.7 Å². The molecule has 15 heavy (non-hydrogen) atoms. The van der Waals surface area contributed by atoms with Crippen molar-refractivity contribution in [1.82, 2.24) is 5.48 Å². The zero-order valence-electron chi connectivity index (χ0n) is 8.36. The van der Waals surface area contributed by atoms with E-state index in [0.717, 1.165) is 10.8 Å². The first kappa shape index (κ1) is 9.52. The number of fused-ring (bicyclic) bond motifs is 1. The zero-order valence-corrected chi connectivity index (χ0v) is 8.36. The average molecular weight is 201 g/mol. The van der Waals surface area contributed by atoms with E-state index in [2.05, 4.69) is 5.48 Å². The van der Waals surface area contributed by atoms with Crippen molar-refractivity contribution in [1.29, 1.82) is 0 Å². The number of hydrogen-bond acceptors (Lipinski definition) is 2. The van der Waals surface area contributed by atoms with Crippen LogP contribution in [0.2, 0.25) is 0 Å². The minimum atomic E-state index is -0.220. The SMILES string of the molecule is CC(=O)NOc1cccc2ccccc12. The summed E-state index contributed by atoms with van der Waals surface area (Å²) in [6.45, 7) is 1.41. The first-order valence-electron chi connectivity index (χ1n) is 4.68. The van der Waals surface area contributed by atoms with Gasteiger partial charge in [-0.15, -0.1) is 0 Å². The average Bonchev–Trinajstić information content (AvgIpc) is 2.26. The van der Waals surface area contributed by atoms with Crippen LogP contribution in [0.25, 0.3) is 10.8 Å². The second-order valence-electron chi connectivity index (χ2n) is 3.24. The van der Waals surface area contributed by atoms with Gasteiger partial charge in [-0.05, 0) is 11.5 Å². The fourth-order valence-electron chi connectivity index (χ4n) is 1.41. The van der Waals surface area contributed by atoms with E-state index in [1.54, 1.807) is 0 Å². The Balaban J connectivity index is 2.38. The first-order valence-corrected chi connectivity index (χ1v) is 4.68. The highest BCUT2D eigenvalue weighted by Gasteiger charge is 2.01. The fourth-order valence-corrected chi connectivity index (χ4v) is 1.41. The largest absolute Gasteiger partial charge is 0.379 e. The van der Waals surface area contributed by atoms with Gasteiger partial charge in [0.05, 0.1) is 0 Å². The Hall–Kier alpha value is -2.03. The molecule has 2 rings (SSSR count). The van der Waals surface area contributed by atoms with E-state index in [0.29, 0.717) is 5.75 Å². The molecule has 0 heterocycles. The van der Waals surface area contributed by atoms with Crippen LogP contribution in [0.5, 0.6) is 5.75 Å². The molecule has 0 unspecified atom stereocenters. The smallest absolute Gasteiger partial charge is 0.249 e. The number of carbonyl (C=O) groups excluding carboxylic acids is 1. The van der Waals surface area contributed by atoms with Crippen LogP contribution < -0.4 is 10.3 Å². The van der Waals surface area contributed by atoms with Crippen molar-refractivity contribution in [2.24, 2.45) is 0 Å². The van der Waals surface area contributed by atoms with Crippen molar-refractivity contribution in [3.63, 3.8) is 0 Å². The maximum absolute atomic E-state index is 10.7. The highest BCUT2D eigenvalue weighted by molar-refractivity contribution is 5.88. The van der Waals surface area contributed by atoms with Crippen LogP contribution in [0.4, 0.5) is 0 Å². The monoisotopic (exact) mass is 201 g/mol. The predicted octanol–water partition coefficient (Wildman–Crippen LogP) is 2.27. The van der Waals surface area contributed by atoms with Crippen LogP contribution in [0, 0.1) is 0 Å². The zero-order chi connectivity index (χ0) is 10.7. The summed E-state index contributed by atoms with van der Waals surface area (Å²) in [5.74, 6) is 0.436. The topological polar surface area (TPSA) is 38.3 Å². The lowest BCUT2D eigenvalue weighted by Crippen LogP contribution is -2.23. The Morgan fingerprint density at radius 1 is 1.13 bits per heavy atom. The first-order chi connectivity index (χ1) is 7.27. The number of amides is 1. The maximum atomic E-state index is 10.7. The Kier molecular flexibility index (Phi) is 2.54. The van der Waals surface area contributed by atoms with Gasteiger partial charge in [0.2, 0.25) is 5.91 Å². The molecule has 2 aromatic rings. The summed E-state index contributed by atoms with van der Waals surface area (Å²) in [6, 6.07) is 13.5. The Morgan fingerprint density at radius 3 is 2.67 bits per heavy atom. The summed E-state index contributed by atoms with van der Waals surface area (Å²) in [6.07, 6.45) is 0. The number of benzene rings is 2. The molecule has 0 spiro atoms. The van der Waals surface area contributed by atoms with Gasteiger partial charge >= 0.3 is 0 Å². The number of hydroxylamine groups is 1. The van der Waals surface area contributed by atoms with Gasteiger partial charge in [-0.25, -0.2) is 0 Å². The van der Waals surface area contributed by atoms with Crippen LogP contribution in [0.15, 0.2) is 42.5 Å². The Labute approximate surface area is 87.6 Å². The second kappa shape index (κ2) is 4.00. The van der Waals surface area contributed by atoms with E-state index in [1.807, 2.05) is 42.5 Å². The molecule has 0 bridgehead atoms. The summed E-state index contributed by atoms with van der Waals surface area (Å²) in [7, 11) is 0. The number of hydrogen-bond donors (Lipinski definition) is 1. The lowest BCUT2D eigenvalue weighted by atomic mass is 10.1. The van der Waals surface area contributed by atoms with Crippen molar-refractivity contribution in [2.45, 2.75) is 6.92 Å². The van der Waals surface area contributed by atoms with E-state index in [1.165, 1.54) is 6.92 Å². The van der Waals surface area contributed by atoms with E-state index >= 15 is 0 Å². The minimum Gasteiger partial charge on any atom is -0.379 e. The minimum absolute atomic E-state index is 0.220. The highest BCUT2D eigenvalue weighted by Crippen LogP contribution is 2.24. The third kappa shape index (κ3) is 2.07. The summed E-state index contributed by atoms with van der Waals surface area (Å²) in [4.78, 5) is 15.9. The van der Waals surface area contributed by atoms with Gasteiger partial charge in [0.25, 0.3) is 0 Å². The summed E-state index contributed by atoms with van der Waals surface area (Å²) < 4.78 is 0. The van der Waals surface area contributed by atoms with Crippen molar-refractivity contribution < 1.29 is 9.63 Å². The van der Waals surface area contributed by atoms with Gasteiger partial charge in [-0.1, -0.05) is 36.4 Å². The molecule has 0 saturated heterocycles. The molecule has 76 valence electrons. The molecule has 0 aliphatic heterocycles. The quantitative estimate of drug-likeness (QED) is 0.757. The van der Waals surface area contributed by atoms with E-state index < -0.39 is 0 Å². The third-order valence-electron chi connectivity index (χ3n) is 2.05.